The molecule has 0 saturated carbocycles. The third-order valence-corrected chi connectivity index (χ3v) is 7.26. The van der Waals surface area contributed by atoms with E-state index in [-0.39, 0.29) is 29.3 Å². The summed E-state index contributed by atoms with van der Waals surface area (Å²) in [5, 5.41) is 30.8. The van der Waals surface area contributed by atoms with E-state index in [4.69, 9.17) is 28.9 Å². The van der Waals surface area contributed by atoms with Crippen molar-refractivity contribution >= 4 is 23.2 Å². The minimum Gasteiger partial charge on any atom is -0.399 e. The summed E-state index contributed by atoms with van der Waals surface area (Å²) in [4.78, 5) is 2.27. The predicted octanol–water partition coefficient (Wildman–Crippen LogP) is 3.88. The van der Waals surface area contributed by atoms with Gasteiger partial charge in [0.25, 0.3) is 0 Å². The van der Waals surface area contributed by atoms with Gasteiger partial charge in [-0.2, -0.15) is 15.8 Å². The Kier molecular flexibility index (Phi) is 4.40. The van der Waals surface area contributed by atoms with Crippen molar-refractivity contribution in [2.24, 2.45) is 17.1 Å². The molecule has 1 aromatic rings. The number of halogens is 2. The van der Waals surface area contributed by atoms with Crippen LogP contribution in [-0.4, -0.2) is 24.0 Å². The second-order valence-electron chi connectivity index (χ2n) is 7.61. The highest BCUT2D eigenvalue weighted by atomic mass is 35.5. The summed E-state index contributed by atoms with van der Waals surface area (Å²) in [7, 11) is 2.05. The first kappa shape index (κ1) is 18.9. The molecule has 1 saturated heterocycles. The number of rotatable bonds is 1. The molecular formula is C21H17Cl2N5. The molecule has 1 fully saturated rings. The molecule has 4 rings (SSSR count). The smallest absolute Gasteiger partial charge is 0.191 e. The fraction of sp³-hybridized carbons (Fsp3) is 0.381. The molecule has 2 bridgehead atoms. The number of fused-ring (bicyclic) bond motifs is 4. The van der Waals surface area contributed by atoms with Gasteiger partial charge in [-0.1, -0.05) is 35.3 Å². The second kappa shape index (κ2) is 6.54. The number of hydrogen-bond donors (Lipinski definition) is 1. The van der Waals surface area contributed by atoms with Crippen molar-refractivity contribution in [3.63, 3.8) is 0 Å². The van der Waals surface area contributed by atoms with E-state index in [0.29, 0.717) is 10.0 Å². The van der Waals surface area contributed by atoms with Gasteiger partial charge in [0.2, 0.25) is 0 Å². The van der Waals surface area contributed by atoms with E-state index >= 15 is 0 Å². The van der Waals surface area contributed by atoms with Crippen LogP contribution in [0.2, 0.25) is 10.0 Å². The van der Waals surface area contributed by atoms with E-state index in [1.165, 1.54) is 0 Å². The van der Waals surface area contributed by atoms with Gasteiger partial charge in [-0.3, -0.25) is 4.90 Å². The van der Waals surface area contributed by atoms with E-state index in [2.05, 4.69) is 36.2 Å². The van der Waals surface area contributed by atoms with E-state index in [9.17, 15) is 15.8 Å². The molecule has 2 heterocycles. The first-order chi connectivity index (χ1) is 13.4. The summed E-state index contributed by atoms with van der Waals surface area (Å²) >= 11 is 12.4. The quantitative estimate of drug-likeness (QED) is 0.757. The molecule has 2 aliphatic heterocycles. The second-order valence-corrected chi connectivity index (χ2v) is 8.42. The summed E-state index contributed by atoms with van der Waals surface area (Å²) in [5.74, 6) is -0.755. The molecule has 140 valence electrons. The highest BCUT2D eigenvalue weighted by molar-refractivity contribution is 6.42. The zero-order chi connectivity index (χ0) is 20.2. The van der Waals surface area contributed by atoms with Crippen LogP contribution < -0.4 is 5.73 Å². The van der Waals surface area contributed by atoms with Crippen molar-refractivity contribution in [3.05, 3.63) is 56.7 Å². The lowest BCUT2D eigenvalue weighted by atomic mass is 9.56. The molecule has 0 radical (unpaired) electrons. The number of hydrogen-bond acceptors (Lipinski definition) is 5. The van der Waals surface area contributed by atoms with Gasteiger partial charge in [0, 0.05) is 23.9 Å². The Morgan fingerprint density at radius 1 is 1.14 bits per heavy atom. The van der Waals surface area contributed by atoms with Gasteiger partial charge >= 0.3 is 0 Å². The lowest BCUT2D eigenvalue weighted by molar-refractivity contribution is 0.160. The summed E-state index contributed by atoms with van der Waals surface area (Å²) in [6.07, 6.45) is 3.98. The van der Waals surface area contributed by atoms with E-state index < -0.39 is 11.3 Å². The van der Waals surface area contributed by atoms with Crippen molar-refractivity contribution in [1.82, 2.24) is 4.90 Å². The number of nitrogens with zero attached hydrogens (tertiary/aromatic N) is 4. The Morgan fingerprint density at radius 2 is 1.86 bits per heavy atom. The highest BCUT2D eigenvalue weighted by Crippen LogP contribution is 2.58. The van der Waals surface area contributed by atoms with Crippen molar-refractivity contribution in [3.8, 4) is 18.2 Å². The van der Waals surface area contributed by atoms with Crippen LogP contribution in [0, 0.1) is 45.3 Å². The fourth-order valence-corrected chi connectivity index (χ4v) is 5.47. The minimum atomic E-state index is -1.65. The van der Waals surface area contributed by atoms with Crippen LogP contribution >= 0.6 is 23.2 Å². The fourth-order valence-electron chi connectivity index (χ4n) is 5.17. The van der Waals surface area contributed by atoms with Gasteiger partial charge < -0.3 is 5.73 Å². The standard InChI is InChI=1S/C21H17Cl2N5/c1-28-12-3-5-17(28)18-13(7-12)14(8-24)20(27)21(9-25,10-26)19(18)11-2-4-15(22)16(23)6-11/h2,4,6-7,12,17-19H,3,5,27H2,1H3/t12-,17+,18-,19-/m0/s1. The number of nitrogens with two attached hydrogens (primary N) is 1. The maximum atomic E-state index is 10.1. The SMILES string of the molecule is CN1[C@@H]2C=C3C(C#N)=C(N)C(C#N)(C#N)[C@@H](c4ccc(Cl)c(Cl)c4)[C@@H]3[C@H]1CC2. The molecule has 0 unspecified atom stereocenters. The Balaban J connectivity index is 2.05. The largest absolute Gasteiger partial charge is 0.399 e. The van der Waals surface area contributed by atoms with Crippen LogP contribution in [0.25, 0.3) is 0 Å². The lowest BCUT2D eigenvalue weighted by Gasteiger charge is -2.48. The van der Waals surface area contributed by atoms with Gasteiger partial charge in [-0.05, 0) is 43.2 Å². The van der Waals surface area contributed by atoms with Gasteiger partial charge in [-0.15, -0.1) is 0 Å². The van der Waals surface area contributed by atoms with E-state index in [0.717, 1.165) is 24.0 Å². The van der Waals surface area contributed by atoms with Gasteiger partial charge in [-0.25, -0.2) is 0 Å². The molecule has 5 nitrogen and oxygen atoms in total. The molecule has 3 aliphatic rings. The molecule has 7 heteroatoms. The maximum absolute atomic E-state index is 10.1. The molecule has 1 aromatic carbocycles. The normalized spacial score (nSPS) is 30.6. The number of nitriles is 3. The number of likely N-dealkylation sites (N-methyl/N-ethyl adjacent to an activating group) is 1. The predicted molar refractivity (Wildman–Crippen MR) is 106 cm³/mol. The first-order valence-electron chi connectivity index (χ1n) is 9.01. The molecule has 0 aromatic heterocycles. The number of benzene rings is 1. The zero-order valence-corrected chi connectivity index (χ0v) is 16.7. The van der Waals surface area contributed by atoms with Crippen LogP contribution in [0.15, 0.2) is 41.1 Å². The molecule has 0 amide bonds. The summed E-state index contributed by atoms with van der Waals surface area (Å²) in [6.45, 7) is 0. The molecule has 1 aliphatic carbocycles. The van der Waals surface area contributed by atoms with Crippen LogP contribution in [0.4, 0.5) is 0 Å². The Morgan fingerprint density at radius 3 is 2.46 bits per heavy atom. The molecule has 0 spiro atoms. The maximum Gasteiger partial charge on any atom is 0.191 e. The van der Waals surface area contributed by atoms with Gasteiger partial charge in [0.1, 0.15) is 6.07 Å². The van der Waals surface area contributed by atoms with E-state index in [1.54, 1.807) is 18.2 Å². The van der Waals surface area contributed by atoms with Crippen molar-refractivity contribution in [2.45, 2.75) is 30.8 Å². The molecule has 2 N–H and O–H groups in total. The summed E-state index contributed by atoms with van der Waals surface area (Å²) in [6, 6.07) is 12.0. The molecule has 28 heavy (non-hydrogen) atoms. The van der Waals surface area contributed by atoms with Crippen LogP contribution in [0.5, 0.6) is 0 Å². The molecule has 4 atom stereocenters. The Labute approximate surface area is 173 Å². The van der Waals surface area contributed by atoms with Gasteiger partial charge in [0.05, 0.1) is 33.5 Å². The average Bonchev–Trinajstić information content (AvgIpc) is 2.93. The van der Waals surface area contributed by atoms with E-state index in [1.807, 2.05) is 0 Å². The molecular weight excluding hydrogens is 393 g/mol. The Bertz CT molecular complexity index is 1040. The third-order valence-electron chi connectivity index (χ3n) is 6.53. The van der Waals surface area contributed by atoms with Gasteiger partial charge in [0.15, 0.2) is 5.41 Å². The summed E-state index contributed by atoms with van der Waals surface area (Å²) < 4.78 is 0. The zero-order valence-electron chi connectivity index (χ0n) is 15.2. The van der Waals surface area contributed by atoms with Crippen molar-refractivity contribution < 1.29 is 0 Å². The minimum absolute atomic E-state index is 0.0301. The van der Waals surface area contributed by atoms with Crippen molar-refractivity contribution in [1.29, 1.82) is 15.8 Å². The topological polar surface area (TPSA) is 101 Å². The Hall–Kier alpha value is -2.49. The van der Waals surface area contributed by atoms with Crippen molar-refractivity contribution in [2.75, 3.05) is 7.05 Å². The monoisotopic (exact) mass is 409 g/mol. The number of allylic oxidation sites excluding steroid dienone is 2. The van der Waals surface area contributed by atoms with Crippen LogP contribution in [-0.2, 0) is 0 Å². The first-order valence-corrected chi connectivity index (χ1v) is 9.77. The van der Waals surface area contributed by atoms with Crippen LogP contribution in [0.3, 0.4) is 0 Å². The third kappa shape index (κ3) is 2.33. The van der Waals surface area contributed by atoms with Crippen LogP contribution in [0.1, 0.15) is 24.3 Å². The highest BCUT2D eigenvalue weighted by Gasteiger charge is 2.58. The lowest BCUT2D eigenvalue weighted by Crippen LogP contribution is -2.51. The summed E-state index contributed by atoms with van der Waals surface area (Å²) in [5.41, 5.74) is 6.57. The average molecular weight is 410 g/mol.